The molecule has 1 aromatic carbocycles. The fourth-order valence-electron chi connectivity index (χ4n) is 2.72. The molecule has 0 bridgehead atoms. The van der Waals surface area contributed by atoms with Gasteiger partial charge >= 0.3 is 0 Å². The van der Waals surface area contributed by atoms with Crippen molar-refractivity contribution in [2.24, 2.45) is 0 Å². The molecule has 1 aromatic rings. The van der Waals surface area contributed by atoms with Crippen LogP contribution in [0.5, 0.6) is 0 Å². The fourth-order valence-corrected chi connectivity index (χ4v) is 2.72. The first kappa shape index (κ1) is 14.1. The van der Waals surface area contributed by atoms with Crippen LogP contribution in [0.2, 0.25) is 0 Å². The van der Waals surface area contributed by atoms with Crippen LogP contribution in [0, 0.1) is 0 Å². The number of benzene rings is 1. The normalized spacial score (nSPS) is 19.2. The third-order valence-corrected chi connectivity index (χ3v) is 3.83. The highest BCUT2D eigenvalue weighted by Gasteiger charge is 2.29. The second-order valence-corrected chi connectivity index (χ2v) is 5.50. The molecule has 1 aliphatic heterocycles. The maximum absolute atomic E-state index is 12.0. The van der Waals surface area contributed by atoms with E-state index in [1.54, 1.807) is 7.11 Å². The van der Waals surface area contributed by atoms with E-state index in [9.17, 15) is 4.79 Å². The van der Waals surface area contributed by atoms with Crippen molar-refractivity contribution < 1.29 is 9.53 Å². The molecule has 0 aliphatic carbocycles. The number of ether oxygens (including phenoxy) is 1. The van der Waals surface area contributed by atoms with Gasteiger partial charge in [-0.25, -0.2) is 0 Å². The van der Waals surface area contributed by atoms with Crippen LogP contribution in [-0.4, -0.2) is 31.1 Å². The minimum Gasteiger partial charge on any atom is -0.375 e. The summed E-state index contributed by atoms with van der Waals surface area (Å²) in [6, 6.07) is 8.91. The van der Waals surface area contributed by atoms with Crippen molar-refractivity contribution in [1.82, 2.24) is 4.90 Å². The third kappa shape index (κ3) is 3.16. The molecule has 3 nitrogen and oxygen atoms in total. The van der Waals surface area contributed by atoms with Gasteiger partial charge in [0, 0.05) is 13.7 Å². The van der Waals surface area contributed by atoms with E-state index in [0.717, 1.165) is 19.4 Å². The lowest BCUT2D eigenvalue weighted by molar-refractivity contribution is -0.136. The van der Waals surface area contributed by atoms with Crippen LogP contribution in [0.25, 0.3) is 0 Å². The highest BCUT2D eigenvalue weighted by Crippen LogP contribution is 2.32. The predicted molar refractivity (Wildman–Crippen MR) is 76.1 cm³/mol. The van der Waals surface area contributed by atoms with Crippen LogP contribution in [0.1, 0.15) is 49.8 Å². The summed E-state index contributed by atoms with van der Waals surface area (Å²) in [6.07, 6.45) is 2.13. The molecule has 0 saturated carbocycles. The standard InChI is InChI=1S/C16H23NO2/c1-12(2)13-6-8-14(9-7-13)15-5-4-10-17(15)16(18)11-19-3/h6-9,12,15H,4-5,10-11H2,1-3H3/t15-/m0/s1. The molecule has 0 N–H and O–H groups in total. The van der Waals surface area contributed by atoms with Crippen LogP contribution in [0.3, 0.4) is 0 Å². The Morgan fingerprint density at radius 3 is 2.63 bits per heavy atom. The van der Waals surface area contributed by atoms with E-state index in [4.69, 9.17) is 4.74 Å². The van der Waals surface area contributed by atoms with Gasteiger partial charge in [0.2, 0.25) is 5.91 Å². The molecule has 0 unspecified atom stereocenters. The smallest absolute Gasteiger partial charge is 0.249 e. The summed E-state index contributed by atoms with van der Waals surface area (Å²) in [5.74, 6) is 0.641. The Morgan fingerprint density at radius 2 is 2.05 bits per heavy atom. The summed E-state index contributed by atoms with van der Waals surface area (Å²) in [5, 5.41) is 0. The van der Waals surface area contributed by atoms with Crippen molar-refractivity contribution >= 4 is 5.91 Å². The maximum Gasteiger partial charge on any atom is 0.249 e. The zero-order valence-electron chi connectivity index (χ0n) is 12.1. The number of methoxy groups -OCH3 is 1. The SMILES string of the molecule is COCC(=O)N1CCC[C@H]1c1ccc(C(C)C)cc1. The fraction of sp³-hybridized carbons (Fsp3) is 0.562. The number of nitrogens with zero attached hydrogens (tertiary/aromatic N) is 1. The van der Waals surface area contributed by atoms with Crippen molar-refractivity contribution in [3.05, 3.63) is 35.4 Å². The molecule has 104 valence electrons. The molecule has 2 rings (SSSR count). The molecule has 1 aliphatic rings. The highest BCUT2D eigenvalue weighted by molar-refractivity contribution is 5.78. The first-order chi connectivity index (χ1) is 9.13. The summed E-state index contributed by atoms with van der Waals surface area (Å²) >= 11 is 0. The molecule has 1 heterocycles. The van der Waals surface area contributed by atoms with E-state index in [-0.39, 0.29) is 18.6 Å². The van der Waals surface area contributed by atoms with Gasteiger partial charge in [-0.3, -0.25) is 4.79 Å². The zero-order valence-corrected chi connectivity index (χ0v) is 12.1. The molecule has 1 fully saturated rings. The van der Waals surface area contributed by atoms with Crippen molar-refractivity contribution in [3.8, 4) is 0 Å². The average Bonchev–Trinajstić information content (AvgIpc) is 2.88. The molecule has 1 atom stereocenters. The molecule has 0 radical (unpaired) electrons. The number of amides is 1. The summed E-state index contributed by atoms with van der Waals surface area (Å²) in [7, 11) is 1.57. The number of hydrogen-bond acceptors (Lipinski definition) is 2. The first-order valence-corrected chi connectivity index (χ1v) is 7.01. The van der Waals surface area contributed by atoms with Crippen molar-refractivity contribution in [1.29, 1.82) is 0 Å². The van der Waals surface area contributed by atoms with Gasteiger partial charge in [-0.1, -0.05) is 38.1 Å². The number of carbonyl (C=O) groups is 1. The van der Waals surface area contributed by atoms with Gasteiger partial charge in [-0.05, 0) is 29.9 Å². The third-order valence-electron chi connectivity index (χ3n) is 3.83. The highest BCUT2D eigenvalue weighted by atomic mass is 16.5. The lowest BCUT2D eigenvalue weighted by Gasteiger charge is -2.25. The van der Waals surface area contributed by atoms with E-state index < -0.39 is 0 Å². The topological polar surface area (TPSA) is 29.5 Å². The first-order valence-electron chi connectivity index (χ1n) is 7.01. The minimum absolute atomic E-state index is 0.0953. The maximum atomic E-state index is 12.0. The Balaban J connectivity index is 2.13. The van der Waals surface area contributed by atoms with E-state index in [2.05, 4.69) is 38.1 Å². The predicted octanol–water partition coefficient (Wildman–Crippen LogP) is 3.12. The van der Waals surface area contributed by atoms with Crippen molar-refractivity contribution in [2.75, 3.05) is 20.3 Å². The summed E-state index contributed by atoms with van der Waals surface area (Å²) in [4.78, 5) is 14.0. The summed E-state index contributed by atoms with van der Waals surface area (Å²) in [5.41, 5.74) is 2.59. The van der Waals surface area contributed by atoms with Crippen LogP contribution in [0.4, 0.5) is 0 Å². The van der Waals surface area contributed by atoms with E-state index in [1.807, 2.05) is 4.90 Å². The average molecular weight is 261 g/mol. The Morgan fingerprint density at radius 1 is 1.37 bits per heavy atom. The number of hydrogen-bond donors (Lipinski definition) is 0. The van der Waals surface area contributed by atoms with Crippen LogP contribution in [-0.2, 0) is 9.53 Å². The quantitative estimate of drug-likeness (QED) is 0.833. The molecule has 1 saturated heterocycles. The zero-order chi connectivity index (χ0) is 13.8. The van der Waals surface area contributed by atoms with Crippen molar-refractivity contribution in [2.45, 2.75) is 38.6 Å². The molecule has 19 heavy (non-hydrogen) atoms. The molecule has 1 amide bonds. The van der Waals surface area contributed by atoms with Gasteiger partial charge in [0.05, 0.1) is 6.04 Å². The molecular formula is C16H23NO2. The molecule has 0 spiro atoms. The number of carbonyl (C=O) groups excluding carboxylic acids is 1. The van der Waals surface area contributed by atoms with E-state index >= 15 is 0 Å². The van der Waals surface area contributed by atoms with E-state index in [0.29, 0.717) is 5.92 Å². The lowest BCUT2D eigenvalue weighted by Crippen LogP contribution is -2.33. The largest absolute Gasteiger partial charge is 0.375 e. The van der Waals surface area contributed by atoms with Gasteiger partial charge in [-0.2, -0.15) is 0 Å². The Hall–Kier alpha value is -1.35. The van der Waals surface area contributed by atoms with Crippen molar-refractivity contribution in [3.63, 3.8) is 0 Å². The van der Waals surface area contributed by atoms with Crippen LogP contribution < -0.4 is 0 Å². The lowest BCUT2D eigenvalue weighted by atomic mass is 9.98. The summed E-state index contributed by atoms with van der Waals surface area (Å²) in [6.45, 7) is 5.41. The van der Waals surface area contributed by atoms with Gasteiger partial charge < -0.3 is 9.64 Å². The Labute approximate surface area is 115 Å². The van der Waals surface area contributed by atoms with Crippen LogP contribution in [0.15, 0.2) is 24.3 Å². The second kappa shape index (κ2) is 6.20. The monoisotopic (exact) mass is 261 g/mol. The Bertz CT molecular complexity index is 425. The molecular weight excluding hydrogens is 238 g/mol. The second-order valence-electron chi connectivity index (χ2n) is 5.50. The van der Waals surface area contributed by atoms with Gasteiger partial charge in [0.25, 0.3) is 0 Å². The Kier molecular flexibility index (Phi) is 4.59. The van der Waals surface area contributed by atoms with Gasteiger partial charge in [0.1, 0.15) is 6.61 Å². The van der Waals surface area contributed by atoms with Gasteiger partial charge in [0.15, 0.2) is 0 Å². The minimum atomic E-state index is 0.0953. The molecule has 3 heteroatoms. The van der Waals surface area contributed by atoms with E-state index in [1.165, 1.54) is 11.1 Å². The number of rotatable bonds is 4. The summed E-state index contributed by atoms with van der Waals surface area (Å²) < 4.78 is 4.96. The van der Waals surface area contributed by atoms with Gasteiger partial charge in [-0.15, -0.1) is 0 Å². The van der Waals surface area contributed by atoms with Crippen LogP contribution >= 0.6 is 0 Å². The number of likely N-dealkylation sites (tertiary alicyclic amines) is 1. The molecule has 0 aromatic heterocycles.